The lowest BCUT2D eigenvalue weighted by molar-refractivity contribution is 0.104. The Balaban J connectivity index is 1.79. The maximum absolute atomic E-state index is 5.57. The summed E-state index contributed by atoms with van der Waals surface area (Å²) in [6.07, 6.45) is 5.38. The zero-order valence-corrected chi connectivity index (χ0v) is 7.91. The van der Waals surface area contributed by atoms with Crippen LogP contribution in [0.25, 0.3) is 0 Å². The van der Waals surface area contributed by atoms with Crippen LogP contribution in [0.3, 0.4) is 0 Å². The van der Waals surface area contributed by atoms with Gasteiger partial charge in [-0.3, -0.25) is 0 Å². The molecule has 1 aromatic rings. The Kier molecular flexibility index (Phi) is 2.98. The Bertz CT molecular complexity index is 237. The Morgan fingerprint density at radius 1 is 1.23 bits per heavy atom. The minimum absolute atomic E-state index is 0.528. The monoisotopic (exact) mass is 176 g/mol. The molecule has 13 heavy (non-hydrogen) atoms. The third kappa shape index (κ3) is 2.56. The highest BCUT2D eigenvalue weighted by molar-refractivity contribution is 5.14. The first-order valence-corrected chi connectivity index (χ1v) is 5.11. The molecule has 0 amide bonds. The third-order valence-corrected chi connectivity index (χ3v) is 2.62. The van der Waals surface area contributed by atoms with Crippen molar-refractivity contribution in [3.8, 4) is 0 Å². The van der Waals surface area contributed by atoms with E-state index in [9.17, 15) is 0 Å². The molecular weight excluding hydrogens is 160 g/mol. The van der Waals surface area contributed by atoms with Crippen LogP contribution in [0.4, 0.5) is 0 Å². The summed E-state index contributed by atoms with van der Waals surface area (Å²) in [5, 5.41) is 0. The van der Waals surface area contributed by atoms with Gasteiger partial charge in [-0.15, -0.1) is 0 Å². The molecule has 1 aliphatic heterocycles. The molecule has 1 heteroatoms. The Hall–Kier alpha value is -0.820. The molecule has 0 bridgehead atoms. The molecule has 2 rings (SSSR count). The van der Waals surface area contributed by atoms with Crippen molar-refractivity contribution >= 4 is 0 Å². The molecule has 0 spiro atoms. The van der Waals surface area contributed by atoms with Gasteiger partial charge in [-0.1, -0.05) is 30.3 Å². The Morgan fingerprint density at radius 3 is 2.77 bits per heavy atom. The van der Waals surface area contributed by atoms with Crippen LogP contribution in [0.1, 0.15) is 24.8 Å². The predicted molar refractivity (Wildman–Crippen MR) is 53.7 cm³/mol. The van der Waals surface area contributed by atoms with Gasteiger partial charge in [-0.25, -0.2) is 0 Å². The number of hydrogen-bond acceptors (Lipinski definition) is 1. The van der Waals surface area contributed by atoms with Gasteiger partial charge in [0.2, 0.25) is 0 Å². The molecule has 1 heterocycles. The Labute approximate surface area is 79.7 Å². The first kappa shape index (κ1) is 8.76. The minimum atomic E-state index is 0.528. The van der Waals surface area contributed by atoms with Crippen molar-refractivity contribution in [2.75, 3.05) is 6.61 Å². The average Bonchev–Trinajstić information content (AvgIpc) is 2.69. The van der Waals surface area contributed by atoms with Crippen LogP contribution in [0.2, 0.25) is 0 Å². The zero-order chi connectivity index (χ0) is 8.93. The number of rotatable bonds is 3. The standard InChI is InChI=1S/C12H16O/c1-2-5-11(6-3-1)8-9-12-7-4-10-13-12/h1-3,5-6,12H,4,7-10H2/t12-/m0/s1. The predicted octanol–water partition coefficient (Wildman–Crippen LogP) is 2.80. The fourth-order valence-corrected chi connectivity index (χ4v) is 1.84. The van der Waals surface area contributed by atoms with Crippen molar-refractivity contribution < 1.29 is 4.74 Å². The van der Waals surface area contributed by atoms with Crippen molar-refractivity contribution in [1.82, 2.24) is 0 Å². The molecule has 1 fully saturated rings. The summed E-state index contributed by atoms with van der Waals surface area (Å²) in [6, 6.07) is 10.6. The summed E-state index contributed by atoms with van der Waals surface area (Å²) in [5.41, 5.74) is 1.43. The summed E-state index contributed by atoms with van der Waals surface area (Å²) < 4.78 is 5.57. The van der Waals surface area contributed by atoms with Crippen molar-refractivity contribution in [3.05, 3.63) is 35.9 Å². The molecule has 0 saturated carbocycles. The smallest absolute Gasteiger partial charge is 0.0579 e. The molecule has 1 saturated heterocycles. The van der Waals surface area contributed by atoms with Crippen molar-refractivity contribution in [2.24, 2.45) is 0 Å². The first-order valence-electron chi connectivity index (χ1n) is 5.11. The summed E-state index contributed by atoms with van der Waals surface area (Å²) in [5.74, 6) is 0. The van der Waals surface area contributed by atoms with Crippen LogP contribution in [0.5, 0.6) is 0 Å². The molecule has 70 valence electrons. The molecule has 0 aromatic heterocycles. The van der Waals surface area contributed by atoms with Gasteiger partial charge in [0.25, 0.3) is 0 Å². The molecule has 0 aliphatic carbocycles. The minimum Gasteiger partial charge on any atom is -0.378 e. The Morgan fingerprint density at radius 2 is 2.08 bits per heavy atom. The van der Waals surface area contributed by atoms with Gasteiger partial charge in [0.15, 0.2) is 0 Å². The lowest BCUT2D eigenvalue weighted by Gasteiger charge is -2.08. The van der Waals surface area contributed by atoms with E-state index in [1.807, 2.05) is 0 Å². The number of aryl methyl sites for hydroxylation is 1. The van der Waals surface area contributed by atoms with E-state index in [0.717, 1.165) is 13.0 Å². The molecule has 1 aliphatic rings. The second kappa shape index (κ2) is 4.43. The lowest BCUT2D eigenvalue weighted by atomic mass is 10.1. The lowest BCUT2D eigenvalue weighted by Crippen LogP contribution is -2.05. The van der Waals surface area contributed by atoms with Gasteiger partial charge < -0.3 is 4.74 Å². The van der Waals surface area contributed by atoms with Crippen LogP contribution >= 0.6 is 0 Å². The fraction of sp³-hybridized carbons (Fsp3) is 0.500. The fourth-order valence-electron chi connectivity index (χ4n) is 1.84. The van der Waals surface area contributed by atoms with E-state index in [1.54, 1.807) is 0 Å². The topological polar surface area (TPSA) is 9.23 Å². The number of hydrogen-bond donors (Lipinski definition) is 0. The summed E-state index contributed by atoms with van der Waals surface area (Å²) in [7, 11) is 0. The van der Waals surface area contributed by atoms with Crippen LogP contribution in [-0.4, -0.2) is 12.7 Å². The quantitative estimate of drug-likeness (QED) is 0.688. The third-order valence-electron chi connectivity index (χ3n) is 2.62. The second-order valence-electron chi connectivity index (χ2n) is 3.66. The highest BCUT2D eigenvalue weighted by atomic mass is 16.5. The van der Waals surface area contributed by atoms with Gasteiger partial charge in [0.05, 0.1) is 6.10 Å². The molecule has 0 unspecified atom stereocenters. The second-order valence-corrected chi connectivity index (χ2v) is 3.66. The molecule has 0 N–H and O–H groups in total. The molecule has 1 aromatic carbocycles. The zero-order valence-electron chi connectivity index (χ0n) is 7.91. The molecule has 1 atom stereocenters. The largest absolute Gasteiger partial charge is 0.378 e. The van der Waals surface area contributed by atoms with Gasteiger partial charge >= 0.3 is 0 Å². The average molecular weight is 176 g/mol. The molecule has 0 radical (unpaired) electrons. The van der Waals surface area contributed by atoms with E-state index in [-0.39, 0.29) is 0 Å². The molecular formula is C12H16O. The first-order chi connectivity index (χ1) is 6.45. The van der Waals surface area contributed by atoms with Crippen LogP contribution in [0.15, 0.2) is 30.3 Å². The van der Waals surface area contributed by atoms with Gasteiger partial charge in [0.1, 0.15) is 0 Å². The normalized spacial score (nSPS) is 22.0. The van der Waals surface area contributed by atoms with Gasteiger partial charge in [0, 0.05) is 6.61 Å². The van der Waals surface area contributed by atoms with E-state index in [4.69, 9.17) is 4.74 Å². The van der Waals surface area contributed by atoms with E-state index >= 15 is 0 Å². The van der Waals surface area contributed by atoms with E-state index in [0.29, 0.717) is 6.10 Å². The van der Waals surface area contributed by atoms with E-state index < -0.39 is 0 Å². The van der Waals surface area contributed by atoms with Crippen LogP contribution in [0, 0.1) is 0 Å². The van der Waals surface area contributed by atoms with Crippen LogP contribution < -0.4 is 0 Å². The van der Waals surface area contributed by atoms with Gasteiger partial charge in [-0.05, 0) is 31.2 Å². The number of benzene rings is 1. The van der Waals surface area contributed by atoms with Crippen molar-refractivity contribution in [2.45, 2.75) is 31.8 Å². The summed E-state index contributed by atoms with van der Waals surface area (Å²) in [6.45, 7) is 0.972. The SMILES string of the molecule is c1ccc(CC[C@@H]2CCCO2)cc1. The maximum Gasteiger partial charge on any atom is 0.0579 e. The van der Waals surface area contributed by atoms with Crippen molar-refractivity contribution in [1.29, 1.82) is 0 Å². The summed E-state index contributed by atoms with van der Waals surface area (Å²) >= 11 is 0. The number of ether oxygens (including phenoxy) is 1. The van der Waals surface area contributed by atoms with E-state index in [2.05, 4.69) is 30.3 Å². The maximum atomic E-state index is 5.57. The highest BCUT2D eigenvalue weighted by Crippen LogP contribution is 2.17. The van der Waals surface area contributed by atoms with Crippen LogP contribution in [-0.2, 0) is 11.2 Å². The van der Waals surface area contributed by atoms with Crippen molar-refractivity contribution in [3.63, 3.8) is 0 Å². The molecule has 1 nitrogen and oxygen atoms in total. The van der Waals surface area contributed by atoms with E-state index in [1.165, 1.54) is 24.8 Å². The summed E-state index contributed by atoms with van der Waals surface area (Å²) in [4.78, 5) is 0. The van der Waals surface area contributed by atoms with Gasteiger partial charge in [-0.2, -0.15) is 0 Å². The highest BCUT2D eigenvalue weighted by Gasteiger charge is 2.14.